The number of amides is 1. The van der Waals surface area contributed by atoms with E-state index in [0.29, 0.717) is 25.9 Å². The average Bonchev–Trinajstić information content (AvgIpc) is 3.18. The fourth-order valence-corrected chi connectivity index (χ4v) is 7.26. The van der Waals surface area contributed by atoms with Crippen molar-refractivity contribution in [1.82, 2.24) is 5.32 Å². The maximum absolute atomic E-state index is 12.4. The highest BCUT2D eigenvalue weighted by Crippen LogP contribution is 2.16. The summed E-state index contributed by atoms with van der Waals surface area (Å²) in [5, 5.41) is 23.2. The molecule has 55 heavy (non-hydrogen) atoms. The Morgan fingerprint density at radius 3 is 1.42 bits per heavy atom. The summed E-state index contributed by atoms with van der Waals surface area (Å²) in [6.45, 7) is 4.85. The number of aliphatic hydroxyl groups is 2. The summed E-state index contributed by atoms with van der Waals surface area (Å²) in [6, 6.07) is -0.562. The number of carbonyl (C=O) groups excluding carboxylic acids is 2. The summed E-state index contributed by atoms with van der Waals surface area (Å²) >= 11 is 0. The smallest absolute Gasteiger partial charge is 0.305 e. The van der Waals surface area contributed by atoms with Crippen molar-refractivity contribution in [2.75, 3.05) is 13.2 Å². The van der Waals surface area contributed by atoms with Gasteiger partial charge in [0.25, 0.3) is 0 Å². The number of nitrogens with one attached hydrogen (secondary N) is 1. The topological polar surface area (TPSA) is 95.9 Å². The van der Waals surface area contributed by atoms with Crippen LogP contribution in [-0.2, 0) is 14.3 Å². The molecule has 0 saturated carbocycles. The fraction of sp³-hybridized carbons (Fsp3) is 0.878. The van der Waals surface area contributed by atoms with E-state index in [1.807, 2.05) is 0 Å². The quantitative estimate of drug-likeness (QED) is 0.0325. The Bertz CT molecular complexity index is 858. The van der Waals surface area contributed by atoms with Crippen molar-refractivity contribution in [1.29, 1.82) is 0 Å². The lowest BCUT2D eigenvalue weighted by Gasteiger charge is -2.22. The number of esters is 1. The first-order valence-electron chi connectivity index (χ1n) is 24.1. The van der Waals surface area contributed by atoms with Crippen LogP contribution in [0, 0.1) is 0 Å². The van der Waals surface area contributed by atoms with Crippen molar-refractivity contribution < 1.29 is 24.5 Å². The summed E-state index contributed by atoms with van der Waals surface area (Å²) < 4.78 is 5.44. The molecule has 0 spiro atoms. The van der Waals surface area contributed by atoms with Gasteiger partial charge in [-0.05, 0) is 57.8 Å². The molecule has 324 valence electrons. The standard InChI is InChI=1S/C49H93NO5/c1-3-5-7-9-11-13-15-17-19-21-23-27-31-35-39-43-49(54)55-44-40-36-32-28-24-26-30-34-38-42-48(53)50-46(45-51)47(52)41-37-33-29-25-22-20-18-16-14-12-10-8-6-4-2/h11,13,17,19,46-47,51-52H,3-10,12,14-16,18,20-45H2,1-2H3,(H,50,53)/b13-11-,19-17-. The highest BCUT2D eigenvalue weighted by molar-refractivity contribution is 5.76. The van der Waals surface area contributed by atoms with Gasteiger partial charge in [0.2, 0.25) is 5.91 Å². The molecule has 3 N–H and O–H groups in total. The van der Waals surface area contributed by atoms with Crippen LogP contribution in [0.1, 0.15) is 251 Å². The molecule has 2 unspecified atom stereocenters. The van der Waals surface area contributed by atoms with Crippen LogP contribution in [0.15, 0.2) is 24.3 Å². The number of ether oxygens (including phenoxy) is 1. The van der Waals surface area contributed by atoms with Crippen LogP contribution >= 0.6 is 0 Å². The first-order valence-corrected chi connectivity index (χ1v) is 24.1. The van der Waals surface area contributed by atoms with Gasteiger partial charge in [-0.3, -0.25) is 9.59 Å². The highest BCUT2D eigenvalue weighted by atomic mass is 16.5. The van der Waals surface area contributed by atoms with E-state index in [2.05, 4.69) is 43.5 Å². The van der Waals surface area contributed by atoms with Gasteiger partial charge in [-0.25, -0.2) is 0 Å². The maximum atomic E-state index is 12.4. The Balaban J connectivity index is 3.51. The number of aliphatic hydroxyl groups excluding tert-OH is 2. The average molecular weight is 776 g/mol. The van der Waals surface area contributed by atoms with Gasteiger partial charge < -0.3 is 20.3 Å². The maximum Gasteiger partial charge on any atom is 0.305 e. The summed E-state index contributed by atoms with van der Waals surface area (Å²) in [7, 11) is 0. The first-order chi connectivity index (χ1) is 27.0. The molecule has 0 heterocycles. The van der Waals surface area contributed by atoms with Gasteiger partial charge in [0, 0.05) is 12.8 Å². The third-order valence-corrected chi connectivity index (χ3v) is 11.0. The van der Waals surface area contributed by atoms with Crippen molar-refractivity contribution in [3.63, 3.8) is 0 Å². The van der Waals surface area contributed by atoms with Crippen LogP contribution in [0.4, 0.5) is 0 Å². The van der Waals surface area contributed by atoms with E-state index in [0.717, 1.165) is 70.6 Å². The second-order valence-corrected chi connectivity index (χ2v) is 16.4. The summed E-state index contributed by atoms with van der Waals surface area (Å²) in [6.07, 6.45) is 51.3. The minimum Gasteiger partial charge on any atom is -0.466 e. The molecule has 0 bridgehead atoms. The largest absolute Gasteiger partial charge is 0.466 e. The Labute approximate surface area is 341 Å². The van der Waals surface area contributed by atoms with Crippen LogP contribution in [0.2, 0.25) is 0 Å². The molecule has 0 saturated heterocycles. The highest BCUT2D eigenvalue weighted by Gasteiger charge is 2.20. The summed E-state index contributed by atoms with van der Waals surface area (Å²) in [5.74, 6) is -0.103. The second-order valence-electron chi connectivity index (χ2n) is 16.4. The van der Waals surface area contributed by atoms with Gasteiger partial charge >= 0.3 is 5.97 Å². The van der Waals surface area contributed by atoms with E-state index in [1.54, 1.807) is 0 Å². The van der Waals surface area contributed by atoms with Crippen LogP contribution in [-0.4, -0.2) is 47.4 Å². The van der Waals surface area contributed by atoms with E-state index in [4.69, 9.17) is 4.74 Å². The van der Waals surface area contributed by atoms with Crippen LogP contribution in [0.25, 0.3) is 0 Å². The van der Waals surface area contributed by atoms with Crippen LogP contribution in [0.5, 0.6) is 0 Å². The minimum absolute atomic E-state index is 0.0392. The van der Waals surface area contributed by atoms with E-state index in [1.165, 1.54) is 148 Å². The molecule has 0 aliphatic heterocycles. The van der Waals surface area contributed by atoms with Crippen LogP contribution < -0.4 is 5.32 Å². The molecule has 6 heteroatoms. The van der Waals surface area contributed by atoms with E-state index >= 15 is 0 Å². The summed E-state index contributed by atoms with van der Waals surface area (Å²) in [4.78, 5) is 24.4. The van der Waals surface area contributed by atoms with Crippen molar-refractivity contribution >= 4 is 11.9 Å². The Morgan fingerprint density at radius 2 is 0.909 bits per heavy atom. The number of hydrogen-bond acceptors (Lipinski definition) is 5. The first kappa shape index (κ1) is 53.3. The third-order valence-electron chi connectivity index (χ3n) is 11.0. The summed E-state index contributed by atoms with van der Waals surface area (Å²) in [5.41, 5.74) is 0. The minimum atomic E-state index is -0.681. The third kappa shape index (κ3) is 41.8. The predicted molar refractivity (Wildman–Crippen MR) is 236 cm³/mol. The lowest BCUT2D eigenvalue weighted by atomic mass is 10.0. The van der Waals surface area contributed by atoms with Gasteiger partial charge in [-0.1, -0.05) is 205 Å². The van der Waals surface area contributed by atoms with Crippen LogP contribution in [0.3, 0.4) is 0 Å². The number of carbonyl (C=O) groups is 2. The lowest BCUT2D eigenvalue weighted by molar-refractivity contribution is -0.143. The number of rotatable bonds is 44. The normalized spacial score (nSPS) is 12.9. The second kappa shape index (κ2) is 45.0. The molecular weight excluding hydrogens is 683 g/mol. The van der Waals surface area contributed by atoms with Crippen molar-refractivity contribution in [2.24, 2.45) is 0 Å². The molecule has 0 rings (SSSR count). The molecule has 0 fully saturated rings. The van der Waals surface area contributed by atoms with Crippen molar-refractivity contribution in [3.05, 3.63) is 24.3 Å². The SMILES string of the molecule is CCCCC/C=C\C/C=C\CCCCCCCC(=O)OCCCCCCCCCCCC(=O)NC(CO)C(O)CCCCCCCCCCCCCCCC. The number of allylic oxidation sites excluding steroid dienone is 4. The van der Waals surface area contributed by atoms with Gasteiger partial charge in [0.05, 0.1) is 25.4 Å². The molecule has 0 aliphatic carbocycles. The van der Waals surface area contributed by atoms with Gasteiger partial charge in [-0.15, -0.1) is 0 Å². The fourth-order valence-electron chi connectivity index (χ4n) is 7.26. The Hall–Kier alpha value is -1.66. The molecule has 2 atom stereocenters. The molecule has 0 radical (unpaired) electrons. The number of hydrogen-bond donors (Lipinski definition) is 3. The monoisotopic (exact) mass is 776 g/mol. The number of unbranched alkanes of at least 4 members (excludes halogenated alkanes) is 29. The van der Waals surface area contributed by atoms with Gasteiger partial charge in [-0.2, -0.15) is 0 Å². The zero-order chi connectivity index (χ0) is 40.1. The molecule has 1 amide bonds. The molecule has 0 aromatic carbocycles. The molecule has 0 aromatic rings. The van der Waals surface area contributed by atoms with E-state index in [9.17, 15) is 19.8 Å². The lowest BCUT2D eigenvalue weighted by Crippen LogP contribution is -2.45. The zero-order valence-electron chi connectivity index (χ0n) is 36.7. The van der Waals surface area contributed by atoms with Crippen molar-refractivity contribution in [3.8, 4) is 0 Å². The zero-order valence-corrected chi connectivity index (χ0v) is 36.7. The van der Waals surface area contributed by atoms with E-state index < -0.39 is 12.1 Å². The molecule has 6 nitrogen and oxygen atoms in total. The Kier molecular flexibility index (Phi) is 43.7. The molecule has 0 aliphatic rings. The van der Waals surface area contributed by atoms with Gasteiger partial charge in [0.1, 0.15) is 0 Å². The molecular formula is C49H93NO5. The Morgan fingerprint density at radius 1 is 0.509 bits per heavy atom. The van der Waals surface area contributed by atoms with Gasteiger partial charge in [0.15, 0.2) is 0 Å². The molecule has 0 aromatic heterocycles. The van der Waals surface area contributed by atoms with E-state index in [-0.39, 0.29) is 18.5 Å². The van der Waals surface area contributed by atoms with Crippen molar-refractivity contribution in [2.45, 2.75) is 264 Å². The predicted octanol–water partition coefficient (Wildman–Crippen LogP) is 14.0.